The lowest BCUT2D eigenvalue weighted by Crippen LogP contribution is -2.50. The van der Waals surface area contributed by atoms with Crippen LogP contribution in [-0.2, 0) is 9.53 Å². The fourth-order valence-electron chi connectivity index (χ4n) is 2.37. The Morgan fingerprint density at radius 2 is 2.12 bits per heavy atom. The van der Waals surface area contributed by atoms with E-state index in [0.29, 0.717) is 17.6 Å². The summed E-state index contributed by atoms with van der Waals surface area (Å²) >= 11 is 0. The highest BCUT2D eigenvalue weighted by Gasteiger charge is 2.45. The number of hydrogen-bond donors (Lipinski definition) is 2. The number of nitrogens with one attached hydrogen (secondary N) is 2. The van der Waals surface area contributed by atoms with Crippen molar-refractivity contribution in [2.75, 3.05) is 13.7 Å². The predicted molar refractivity (Wildman–Crippen MR) is 86.5 cm³/mol. The molecule has 2 aromatic heterocycles. The lowest BCUT2D eigenvalue weighted by molar-refractivity contribution is -0.139. The van der Waals surface area contributed by atoms with Gasteiger partial charge in [0.1, 0.15) is 5.60 Å². The van der Waals surface area contributed by atoms with Crippen LogP contribution in [-0.4, -0.2) is 51.2 Å². The van der Waals surface area contributed by atoms with E-state index in [0.717, 1.165) is 12.8 Å². The van der Waals surface area contributed by atoms with Gasteiger partial charge in [-0.1, -0.05) is 0 Å². The molecule has 128 valence electrons. The Balaban J connectivity index is 1.65. The molecule has 0 aliphatic heterocycles. The van der Waals surface area contributed by atoms with Crippen LogP contribution in [0.2, 0.25) is 0 Å². The Morgan fingerprint density at radius 3 is 2.79 bits per heavy atom. The second-order valence-corrected chi connectivity index (χ2v) is 6.60. The van der Waals surface area contributed by atoms with Crippen LogP contribution in [0.3, 0.4) is 0 Å². The van der Waals surface area contributed by atoms with Crippen LogP contribution in [0.4, 0.5) is 0 Å². The molecule has 2 N–H and O–H groups in total. The van der Waals surface area contributed by atoms with Gasteiger partial charge < -0.3 is 15.4 Å². The summed E-state index contributed by atoms with van der Waals surface area (Å²) in [5.41, 5.74) is -0.172. The minimum absolute atomic E-state index is 0.203. The molecule has 2 aromatic rings. The first kappa shape index (κ1) is 16.4. The molecule has 0 aromatic carbocycles. The van der Waals surface area contributed by atoms with Crippen molar-refractivity contribution in [3.8, 4) is 0 Å². The number of ether oxygens (including phenoxy) is 1. The van der Waals surface area contributed by atoms with Gasteiger partial charge in [-0.05, 0) is 26.7 Å². The maximum atomic E-state index is 12.5. The first-order valence-corrected chi connectivity index (χ1v) is 7.80. The fourth-order valence-corrected chi connectivity index (χ4v) is 2.37. The number of carbonyl (C=O) groups is 2. The van der Waals surface area contributed by atoms with E-state index in [1.807, 2.05) is 0 Å². The molecular weight excluding hydrogens is 310 g/mol. The monoisotopic (exact) mass is 331 g/mol. The number of fused-ring (bicyclic) bond motifs is 1. The molecule has 0 radical (unpaired) electrons. The molecular formula is C16H21N5O3. The summed E-state index contributed by atoms with van der Waals surface area (Å²) in [5, 5.41) is 10.0. The van der Waals surface area contributed by atoms with Crippen LogP contribution in [0.1, 0.15) is 37.0 Å². The van der Waals surface area contributed by atoms with Gasteiger partial charge in [0.05, 0.1) is 29.0 Å². The summed E-state index contributed by atoms with van der Waals surface area (Å²) in [5.74, 6) is -0.415. The smallest absolute Gasteiger partial charge is 0.255 e. The molecule has 24 heavy (non-hydrogen) atoms. The minimum Gasteiger partial charge on any atom is -0.369 e. The number of methoxy groups -OCH3 is 1. The Morgan fingerprint density at radius 1 is 1.38 bits per heavy atom. The first-order valence-electron chi connectivity index (χ1n) is 7.80. The highest BCUT2D eigenvalue weighted by molar-refractivity contribution is 6.01. The van der Waals surface area contributed by atoms with Crippen LogP contribution in [0, 0.1) is 0 Å². The summed E-state index contributed by atoms with van der Waals surface area (Å²) in [4.78, 5) is 28.7. The third-order valence-electron chi connectivity index (χ3n) is 4.45. The van der Waals surface area contributed by atoms with Crippen LogP contribution >= 0.6 is 0 Å². The zero-order chi connectivity index (χ0) is 17.4. The number of rotatable bonds is 6. The van der Waals surface area contributed by atoms with Gasteiger partial charge in [0.25, 0.3) is 11.8 Å². The zero-order valence-electron chi connectivity index (χ0n) is 14.0. The van der Waals surface area contributed by atoms with Crippen molar-refractivity contribution in [3.05, 3.63) is 30.4 Å². The molecule has 0 spiro atoms. The number of hydrogen-bond acceptors (Lipinski definition) is 5. The molecule has 0 saturated heterocycles. The van der Waals surface area contributed by atoms with Gasteiger partial charge in [-0.15, -0.1) is 0 Å². The van der Waals surface area contributed by atoms with E-state index in [1.54, 1.807) is 37.0 Å². The summed E-state index contributed by atoms with van der Waals surface area (Å²) in [6.45, 7) is 3.78. The highest BCUT2D eigenvalue weighted by Crippen LogP contribution is 2.35. The fraction of sp³-hybridized carbons (Fsp3) is 0.500. The Bertz CT molecular complexity index is 779. The van der Waals surface area contributed by atoms with Crippen molar-refractivity contribution >= 4 is 17.3 Å². The van der Waals surface area contributed by atoms with Crippen LogP contribution in [0.25, 0.3) is 5.52 Å². The van der Waals surface area contributed by atoms with Gasteiger partial charge in [0, 0.05) is 26.0 Å². The molecule has 0 bridgehead atoms. The normalized spacial score (nSPS) is 16.0. The van der Waals surface area contributed by atoms with Gasteiger partial charge in [-0.3, -0.25) is 14.6 Å². The van der Waals surface area contributed by atoms with E-state index >= 15 is 0 Å². The SMILES string of the molecule is COC(C)(C)C(=O)NCC1(NC(=O)c2cnn3ccncc23)CC1. The van der Waals surface area contributed by atoms with E-state index in [4.69, 9.17) is 4.74 Å². The Labute approximate surface area is 139 Å². The zero-order valence-corrected chi connectivity index (χ0v) is 14.0. The molecule has 0 atom stereocenters. The molecule has 1 aliphatic carbocycles. The molecule has 2 amide bonds. The second-order valence-electron chi connectivity index (χ2n) is 6.60. The third kappa shape index (κ3) is 3.09. The number of aromatic nitrogens is 3. The largest absolute Gasteiger partial charge is 0.369 e. The van der Waals surface area contributed by atoms with E-state index in [2.05, 4.69) is 20.7 Å². The van der Waals surface area contributed by atoms with Crippen molar-refractivity contribution in [1.29, 1.82) is 0 Å². The first-order chi connectivity index (χ1) is 11.4. The lowest BCUT2D eigenvalue weighted by Gasteiger charge is -2.24. The average Bonchev–Trinajstić information content (AvgIpc) is 3.19. The standard InChI is InChI=1S/C16H21N5O3/c1-15(2,24-3)14(23)18-10-16(4-5-16)20-13(22)11-8-19-21-7-6-17-9-12(11)21/h6-9H,4-5,10H2,1-3H3,(H,18,23)(H,20,22). The van der Waals surface area contributed by atoms with Crippen molar-refractivity contribution in [2.24, 2.45) is 0 Å². The van der Waals surface area contributed by atoms with Crippen LogP contribution in [0.15, 0.2) is 24.8 Å². The maximum absolute atomic E-state index is 12.5. The highest BCUT2D eigenvalue weighted by atomic mass is 16.5. The molecule has 8 heteroatoms. The summed E-state index contributed by atoms with van der Waals surface area (Å²) in [7, 11) is 1.49. The van der Waals surface area contributed by atoms with Crippen molar-refractivity contribution in [2.45, 2.75) is 37.8 Å². The van der Waals surface area contributed by atoms with E-state index in [9.17, 15) is 9.59 Å². The number of carbonyl (C=O) groups excluding carboxylic acids is 2. The topological polar surface area (TPSA) is 97.6 Å². The van der Waals surface area contributed by atoms with Crippen LogP contribution < -0.4 is 10.6 Å². The maximum Gasteiger partial charge on any atom is 0.255 e. The van der Waals surface area contributed by atoms with Gasteiger partial charge in [0.2, 0.25) is 0 Å². The van der Waals surface area contributed by atoms with E-state index in [-0.39, 0.29) is 11.8 Å². The number of amides is 2. The molecule has 3 rings (SSSR count). The van der Waals surface area contributed by atoms with Gasteiger partial charge in [-0.25, -0.2) is 4.52 Å². The summed E-state index contributed by atoms with van der Waals surface area (Å²) in [6.07, 6.45) is 8.07. The molecule has 1 fully saturated rings. The Kier molecular flexibility index (Phi) is 4.00. The summed E-state index contributed by atoms with van der Waals surface area (Å²) in [6, 6.07) is 0. The van der Waals surface area contributed by atoms with Crippen molar-refractivity contribution in [3.63, 3.8) is 0 Å². The lowest BCUT2D eigenvalue weighted by atomic mass is 10.1. The molecule has 0 unspecified atom stereocenters. The molecule has 1 aliphatic rings. The summed E-state index contributed by atoms with van der Waals surface area (Å²) < 4.78 is 6.76. The average molecular weight is 331 g/mol. The van der Waals surface area contributed by atoms with E-state index in [1.165, 1.54) is 13.3 Å². The van der Waals surface area contributed by atoms with Gasteiger partial charge in [-0.2, -0.15) is 5.10 Å². The molecule has 1 saturated carbocycles. The second kappa shape index (κ2) is 5.86. The number of nitrogens with zero attached hydrogens (tertiary/aromatic N) is 3. The minimum atomic E-state index is -0.895. The predicted octanol–water partition coefficient (Wildman–Crippen LogP) is 0.533. The van der Waals surface area contributed by atoms with Gasteiger partial charge >= 0.3 is 0 Å². The van der Waals surface area contributed by atoms with Crippen LogP contribution in [0.5, 0.6) is 0 Å². The van der Waals surface area contributed by atoms with E-state index < -0.39 is 11.1 Å². The molecule has 8 nitrogen and oxygen atoms in total. The molecule has 2 heterocycles. The van der Waals surface area contributed by atoms with Crippen molar-refractivity contribution in [1.82, 2.24) is 25.2 Å². The van der Waals surface area contributed by atoms with Crippen molar-refractivity contribution < 1.29 is 14.3 Å². The van der Waals surface area contributed by atoms with Gasteiger partial charge in [0.15, 0.2) is 0 Å². The third-order valence-corrected chi connectivity index (χ3v) is 4.45. The quantitative estimate of drug-likeness (QED) is 0.805. The Hall–Kier alpha value is -2.48.